The number of benzene rings is 2. The number of hydrogen-bond donors (Lipinski definition) is 0. The molecule has 0 aliphatic carbocycles. The van der Waals surface area contributed by atoms with Gasteiger partial charge in [-0.3, -0.25) is 19.5 Å². The van der Waals surface area contributed by atoms with E-state index in [1.54, 1.807) is 25.1 Å². The van der Waals surface area contributed by atoms with E-state index in [1.807, 2.05) is 0 Å². The summed E-state index contributed by atoms with van der Waals surface area (Å²) < 4.78 is 20.5. The van der Waals surface area contributed by atoms with E-state index in [2.05, 4.69) is 4.99 Å². The Morgan fingerprint density at radius 1 is 1.28 bits per heavy atom. The third kappa shape index (κ3) is 3.65. The number of allylic oxidation sites excluding steroid dienone is 1. The van der Waals surface area contributed by atoms with E-state index >= 15 is 0 Å². The van der Waals surface area contributed by atoms with Gasteiger partial charge in [0, 0.05) is 17.7 Å². The van der Waals surface area contributed by atoms with Gasteiger partial charge in [0.25, 0.3) is 11.2 Å². The Morgan fingerprint density at radius 3 is 2.72 bits per heavy atom. The SMILES string of the molecule is COC(=O)C1=C(C)N=c2s/c(=C\c3ccccc3F)c(=O)n2C1c1cccc([N+](=O)[O-])c1. The molecule has 1 unspecified atom stereocenters. The summed E-state index contributed by atoms with van der Waals surface area (Å²) in [6.45, 7) is 1.60. The molecule has 3 aromatic rings. The lowest BCUT2D eigenvalue weighted by Gasteiger charge is -2.24. The first-order valence-corrected chi connectivity index (χ1v) is 10.2. The normalized spacial score (nSPS) is 15.8. The Kier molecular flexibility index (Phi) is 5.54. The predicted molar refractivity (Wildman–Crippen MR) is 115 cm³/mol. The molecule has 1 aromatic heterocycles. The van der Waals surface area contributed by atoms with Crippen LogP contribution in [0.2, 0.25) is 0 Å². The largest absolute Gasteiger partial charge is 0.466 e. The zero-order valence-corrected chi connectivity index (χ0v) is 17.8. The number of aromatic nitrogens is 1. The average Bonchev–Trinajstić information content (AvgIpc) is 3.08. The third-order valence-electron chi connectivity index (χ3n) is 5.02. The molecule has 0 bridgehead atoms. The van der Waals surface area contributed by atoms with E-state index in [0.29, 0.717) is 16.1 Å². The average molecular weight is 453 g/mol. The van der Waals surface area contributed by atoms with Crippen molar-refractivity contribution in [1.29, 1.82) is 0 Å². The molecule has 32 heavy (non-hydrogen) atoms. The topological polar surface area (TPSA) is 104 Å². The number of thiazole rings is 1. The number of halogens is 1. The number of esters is 1. The van der Waals surface area contributed by atoms with Crippen molar-refractivity contribution in [2.24, 2.45) is 4.99 Å². The molecular weight excluding hydrogens is 437 g/mol. The number of nitro benzene ring substituents is 1. The van der Waals surface area contributed by atoms with Crippen molar-refractivity contribution in [2.45, 2.75) is 13.0 Å². The van der Waals surface area contributed by atoms with Crippen LogP contribution in [0.4, 0.5) is 10.1 Å². The molecule has 2 aromatic carbocycles. The highest BCUT2D eigenvalue weighted by atomic mass is 32.1. The fourth-order valence-electron chi connectivity index (χ4n) is 3.55. The van der Waals surface area contributed by atoms with Crippen LogP contribution in [0.3, 0.4) is 0 Å². The van der Waals surface area contributed by atoms with E-state index in [0.717, 1.165) is 11.3 Å². The molecule has 0 N–H and O–H groups in total. The van der Waals surface area contributed by atoms with Gasteiger partial charge in [-0.1, -0.05) is 41.7 Å². The van der Waals surface area contributed by atoms with Crippen molar-refractivity contribution in [1.82, 2.24) is 4.57 Å². The van der Waals surface area contributed by atoms with Gasteiger partial charge in [-0.05, 0) is 24.6 Å². The van der Waals surface area contributed by atoms with Gasteiger partial charge in [-0.15, -0.1) is 0 Å². The lowest BCUT2D eigenvalue weighted by atomic mass is 9.95. The summed E-state index contributed by atoms with van der Waals surface area (Å²) in [5.41, 5.74) is 0.322. The summed E-state index contributed by atoms with van der Waals surface area (Å²) in [7, 11) is 1.20. The lowest BCUT2D eigenvalue weighted by molar-refractivity contribution is -0.384. The Bertz CT molecular complexity index is 1470. The van der Waals surface area contributed by atoms with Crippen LogP contribution in [0.15, 0.2) is 69.6 Å². The molecule has 10 heteroatoms. The lowest BCUT2D eigenvalue weighted by Crippen LogP contribution is -2.39. The van der Waals surface area contributed by atoms with Crippen LogP contribution < -0.4 is 14.9 Å². The van der Waals surface area contributed by atoms with E-state index in [4.69, 9.17) is 4.74 Å². The van der Waals surface area contributed by atoms with Gasteiger partial charge in [0.15, 0.2) is 4.80 Å². The molecule has 1 aliphatic rings. The number of fused-ring (bicyclic) bond motifs is 1. The zero-order valence-electron chi connectivity index (χ0n) is 16.9. The highest BCUT2D eigenvalue weighted by Gasteiger charge is 2.33. The third-order valence-corrected chi connectivity index (χ3v) is 6.00. The molecule has 2 heterocycles. The molecule has 0 fully saturated rings. The van der Waals surface area contributed by atoms with Crippen LogP contribution in [0, 0.1) is 15.9 Å². The zero-order chi connectivity index (χ0) is 23.0. The molecular formula is C22H16FN3O5S. The number of non-ortho nitro benzene ring substituents is 1. The monoisotopic (exact) mass is 453 g/mol. The summed E-state index contributed by atoms with van der Waals surface area (Å²) in [4.78, 5) is 41.4. The first-order chi connectivity index (χ1) is 15.3. The number of ether oxygens (including phenoxy) is 1. The Balaban J connectivity index is 2.01. The van der Waals surface area contributed by atoms with Crippen LogP contribution >= 0.6 is 11.3 Å². The van der Waals surface area contributed by atoms with Crippen molar-refractivity contribution in [3.63, 3.8) is 0 Å². The number of nitrogens with zero attached hydrogens (tertiary/aromatic N) is 3. The second-order valence-corrected chi connectivity index (χ2v) is 7.96. The van der Waals surface area contributed by atoms with Gasteiger partial charge in [0.1, 0.15) is 5.82 Å². The number of nitro groups is 1. The van der Waals surface area contributed by atoms with Crippen LogP contribution in [0.1, 0.15) is 24.1 Å². The van der Waals surface area contributed by atoms with Crippen LogP contribution in [-0.4, -0.2) is 22.6 Å². The fraction of sp³-hybridized carbons (Fsp3) is 0.136. The van der Waals surface area contributed by atoms with Gasteiger partial charge in [-0.2, -0.15) is 0 Å². The van der Waals surface area contributed by atoms with Crippen molar-refractivity contribution in [3.05, 3.63) is 107 Å². The molecule has 0 spiro atoms. The molecule has 4 rings (SSSR count). The van der Waals surface area contributed by atoms with E-state index in [-0.39, 0.29) is 21.4 Å². The minimum Gasteiger partial charge on any atom is -0.466 e. The fourth-order valence-corrected chi connectivity index (χ4v) is 4.59. The van der Waals surface area contributed by atoms with Crippen LogP contribution in [0.5, 0.6) is 0 Å². The Morgan fingerprint density at radius 2 is 2.03 bits per heavy atom. The maximum Gasteiger partial charge on any atom is 0.338 e. The summed E-state index contributed by atoms with van der Waals surface area (Å²) in [5, 5.41) is 11.3. The smallest absolute Gasteiger partial charge is 0.338 e. The van der Waals surface area contributed by atoms with Crippen molar-refractivity contribution >= 4 is 29.1 Å². The molecule has 8 nitrogen and oxygen atoms in total. The number of hydrogen-bond acceptors (Lipinski definition) is 7. The second kappa shape index (κ2) is 8.31. The highest BCUT2D eigenvalue weighted by molar-refractivity contribution is 7.07. The van der Waals surface area contributed by atoms with E-state index < -0.39 is 28.3 Å². The number of methoxy groups -OCH3 is 1. The minimum atomic E-state index is -0.985. The van der Waals surface area contributed by atoms with Gasteiger partial charge in [0.05, 0.1) is 33.9 Å². The van der Waals surface area contributed by atoms with Gasteiger partial charge in [-0.25, -0.2) is 14.2 Å². The summed E-state index contributed by atoms with van der Waals surface area (Å²) in [6, 6.07) is 10.7. The van der Waals surface area contributed by atoms with Crippen molar-refractivity contribution < 1.29 is 18.8 Å². The van der Waals surface area contributed by atoms with Crippen molar-refractivity contribution in [3.8, 4) is 0 Å². The van der Waals surface area contributed by atoms with Crippen LogP contribution in [0.25, 0.3) is 6.08 Å². The van der Waals surface area contributed by atoms with E-state index in [9.17, 15) is 24.1 Å². The molecule has 0 amide bonds. The minimum absolute atomic E-state index is 0.0952. The number of carbonyl (C=O) groups excluding carboxylic acids is 1. The number of carbonyl (C=O) groups is 1. The molecule has 1 atom stereocenters. The second-order valence-electron chi connectivity index (χ2n) is 6.95. The quantitative estimate of drug-likeness (QED) is 0.343. The van der Waals surface area contributed by atoms with E-state index in [1.165, 1.54) is 48.1 Å². The maximum atomic E-state index is 14.1. The predicted octanol–water partition coefficient (Wildman–Crippen LogP) is 2.46. The molecule has 0 saturated carbocycles. The maximum absolute atomic E-state index is 14.1. The first kappa shape index (κ1) is 21.3. The van der Waals surface area contributed by atoms with Crippen LogP contribution in [-0.2, 0) is 9.53 Å². The summed E-state index contributed by atoms with van der Waals surface area (Å²) in [6.07, 6.45) is 1.42. The standard InChI is InChI=1S/C22H16FN3O5S/c1-12-18(21(28)31-2)19(14-7-5-8-15(10-14)26(29)30)25-20(27)17(32-22(25)24-12)11-13-6-3-4-9-16(13)23/h3-11,19H,1-2H3/b17-11-. The number of rotatable bonds is 4. The molecule has 0 saturated heterocycles. The van der Waals surface area contributed by atoms with Gasteiger partial charge >= 0.3 is 5.97 Å². The van der Waals surface area contributed by atoms with Crippen molar-refractivity contribution in [2.75, 3.05) is 7.11 Å². The highest BCUT2D eigenvalue weighted by Crippen LogP contribution is 2.32. The Hall–Kier alpha value is -3.92. The molecule has 162 valence electrons. The Labute approximate surface area is 184 Å². The van der Waals surface area contributed by atoms with Gasteiger partial charge in [0.2, 0.25) is 0 Å². The summed E-state index contributed by atoms with van der Waals surface area (Å²) in [5.74, 6) is -1.19. The molecule has 0 radical (unpaired) electrons. The molecule has 1 aliphatic heterocycles. The first-order valence-electron chi connectivity index (χ1n) is 9.41. The summed E-state index contributed by atoms with van der Waals surface area (Å²) >= 11 is 1.04. The van der Waals surface area contributed by atoms with Gasteiger partial charge < -0.3 is 4.74 Å².